The van der Waals surface area contributed by atoms with Gasteiger partial charge in [-0.3, -0.25) is 14.5 Å². The molecule has 2 saturated heterocycles. The largest absolute Gasteiger partial charge is 0.334 e. The van der Waals surface area contributed by atoms with Crippen LogP contribution in [0, 0.1) is 0 Å². The number of nitrogens with zero attached hydrogens (tertiary/aromatic N) is 3. The number of amides is 2. The van der Waals surface area contributed by atoms with E-state index in [9.17, 15) is 9.59 Å². The van der Waals surface area contributed by atoms with E-state index in [1.807, 2.05) is 6.07 Å². The summed E-state index contributed by atoms with van der Waals surface area (Å²) in [6.45, 7) is 5.18. The summed E-state index contributed by atoms with van der Waals surface area (Å²) in [6.07, 6.45) is 2.02. The fourth-order valence-corrected chi connectivity index (χ4v) is 3.99. The second kappa shape index (κ2) is 8.57. The Kier molecular flexibility index (Phi) is 5.72. The van der Waals surface area contributed by atoms with Gasteiger partial charge in [0.25, 0.3) is 0 Å². The molecule has 2 fully saturated rings. The van der Waals surface area contributed by atoms with Crippen LogP contribution in [0.15, 0.2) is 54.6 Å². The van der Waals surface area contributed by atoms with E-state index < -0.39 is 0 Å². The Balaban J connectivity index is 1.28. The van der Waals surface area contributed by atoms with Gasteiger partial charge >= 0.3 is 11.8 Å². The van der Waals surface area contributed by atoms with Crippen LogP contribution in [0.1, 0.15) is 18.4 Å². The standard InChI is InChI=1S/C23H27N3O2/c27-22(25-12-4-5-13-25)23(28)26-16-14-24(15-17-26)18-19-8-10-21(11-9-19)20-6-2-1-3-7-20/h1-3,6-11H,4-5,12-18H2. The van der Waals surface area contributed by atoms with E-state index >= 15 is 0 Å². The first kappa shape index (κ1) is 18.7. The topological polar surface area (TPSA) is 43.9 Å². The number of likely N-dealkylation sites (tertiary alicyclic amines) is 1. The SMILES string of the molecule is O=C(C(=O)N1CCN(Cc2ccc(-c3ccccc3)cc2)CC1)N1CCCC1. The summed E-state index contributed by atoms with van der Waals surface area (Å²) in [5.41, 5.74) is 3.72. The molecule has 0 spiro atoms. The van der Waals surface area contributed by atoms with E-state index in [1.54, 1.807) is 9.80 Å². The molecule has 2 aliphatic heterocycles. The molecule has 2 aromatic carbocycles. The van der Waals surface area contributed by atoms with Crippen molar-refractivity contribution in [3.63, 3.8) is 0 Å². The highest BCUT2D eigenvalue weighted by atomic mass is 16.2. The van der Waals surface area contributed by atoms with Crippen LogP contribution in [0.5, 0.6) is 0 Å². The molecule has 0 aliphatic carbocycles. The monoisotopic (exact) mass is 377 g/mol. The minimum absolute atomic E-state index is 0.317. The van der Waals surface area contributed by atoms with Gasteiger partial charge in [0.15, 0.2) is 0 Å². The quantitative estimate of drug-likeness (QED) is 0.773. The number of rotatable bonds is 3. The summed E-state index contributed by atoms with van der Waals surface area (Å²) >= 11 is 0. The number of hydrogen-bond donors (Lipinski definition) is 0. The van der Waals surface area contributed by atoms with Crippen LogP contribution < -0.4 is 0 Å². The molecule has 5 heteroatoms. The molecule has 0 aromatic heterocycles. The first-order valence-electron chi connectivity index (χ1n) is 10.2. The van der Waals surface area contributed by atoms with Crippen molar-refractivity contribution < 1.29 is 9.59 Å². The van der Waals surface area contributed by atoms with Gasteiger partial charge in [-0.25, -0.2) is 0 Å². The predicted octanol–water partition coefficient (Wildman–Crippen LogP) is 2.62. The van der Waals surface area contributed by atoms with Crippen LogP contribution in [0.25, 0.3) is 11.1 Å². The van der Waals surface area contributed by atoms with Crippen LogP contribution in [0.3, 0.4) is 0 Å². The van der Waals surface area contributed by atoms with Crippen LogP contribution in [-0.2, 0) is 16.1 Å². The molecule has 2 aromatic rings. The van der Waals surface area contributed by atoms with E-state index in [1.165, 1.54) is 16.7 Å². The molecule has 0 atom stereocenters. The zero-order chi connectivity index (χ0) is 19.3. The third-order valence-corrected chi connectivity index (χ3v) is 5.70. The van der Waals surface area contributed by atoms with E-state index in [0.29, 0.717) is 13.1 Å². The van der Waals surface area contributed by atoms with Crippen molar-refractivity contribution in [1.82, 2.24) is 14.7 Å². The van der Waals surface area contributed by atoms with Gasteiger partial charge in [0.1, 0.15) is 0 Å². The van der Waals surface area contributed by atoms with Crippen molar-refractivity contribution in [3.05, 3.63) is 60.2 Å². The number of benzene rings is 2. The third-order valence-electron chi connectivity index (χ3n) is 5.70. The minimum Gasteiger partial charge on any atom is -0.334 e. The van der Waals surface area contributed by atoms with Crippen LogP contribution >= 0.6 is 0 Å². The predicted molar refractivity (Wildman–Crippen MR) is 110 cm³/mol. The Morgan fingerprint density at radius 1 is 0.643 bits per heavy atom. The number of carbonyl (C=O) groups excluding carboxylic acids is 2. The molecule has 0 N–H and O–H groups in total. The van der Waals surface area contributed by atoms with E-state index in [0.717, 1.165) is 45.6 Å². The molecular formula is C23H27N3O2. The number of carbonyl (C=O) groups is 2. The van der Waals surface area contributed by atoms with E-state index in [4.69, 9.17) is 0 Å². The Hall–Kier alpha value is -2.66. The lowest BCUT2D eigenvalue weighted by atomic mass is 10.0. The Morgan fingerprint density at radius 3 is 1.79 bits per heavy atom. The first-order valence-corrected chi connectivity index (χ1v) is 10.2. The lowest BCUT2D eigenvalue weighted by Gasteiger charge is -2.35. The van der Waals surface area contributed by atoms with Crippen molar-refractivity contribution in [3.8, 4) is 11.1 Å². The van der Waals surface area contributed by atoms with Gasteiger partial charge in [-0.15, -0.1) is 0 Å². The number of piperazine rings is 1. The summed E-state index contributed by atoms with van der Waals surface area (Å²) in [5.74, 6) is -0.642. The average Bonchev–Trinajstić information content (AvgIpc) is 3.29. The second-order valence-electron chi connectivity index (χ2n) is 7.63. The van der Waals surface area contributed by atoms with Gasteiger partial charge < -0.3 is 9.80 Å². The minimum atomic E-state index is -0.325. The van der Waals surface area contributed by atoms with Crippen LogP contribution in [-0.4, -0.2) is 65.8 Å². The third kappa shape index (κ3) is 4.25. The lowest BCUT2D eigenvalue weighted by Crippen LogP contribution is -2.52. The van der Waals surface area contributed by atoms with Crippen LogP contribution in [0.2, 0.25) is 0 Å². The second-order valence-corrected chi connectivity index (χ2v) is 7.63. The smallest absolute Gasteiger partial charge is 0.312 e. The maximum Gasteiger partial charge on any atom is 0.312 e. The Bertz CT molecular complexity index is 806. The zero-order valence-electron chi connectivity index (χ0n) is 16.2. The fourth-order valence-electron chi connectivity index (χ4n) is 3.99. The van der Waals surface area contributed by atoms with Crippen molar-refractivity contribution in [1.29, 1.82) is 0 Å². The lowest BCUT2D eigenvalue weighted by molar-refractivity contribution is -0.152. The highest BCUT2D eigenvalue weighted by Gasteiger charge is 2.30. The van der Waals surface area contributed by atoms with Gasteiger partial charge in [-0.2, -0.15) is 0 Å². The molecule has 0 unspecified atom stereocenters. The van der Waals surface area contributed by atoms with Crippen molar-refractivity contribution in [2.24, 2.45) is 0 Å². The molecule has 2 heterocycles. The maximum atomic E-state index is 12.4. The number of hydrogen-bond acceptors (Lipinski definition) is 3. The summed E-state index contributed by atoms with van der Waals surface area (Å²) in [4.78, 5) is 30.5. The van der Waals surface area contributed by atoms with Crippen molar-refractivity contribution >= 4 is 11.8 Å². The van der Waals surface area contributed by atoms with Gasteiger partial charge in [-0.1, -0.05) is 54.6 Å². The molecule has 28 heavy (non-hydrogen) atoms. The highest BCUT2D eigenvalue weighted by molar-refractivity contribution is 6.34. The molecular weight excluding hydrogens is 350 g/mol. The van der Waals surface area contributed by atoms with Crippen LogP contribution in [0.4, 0.5) is 0 Å². The summed E-state index contributed by atoms with van der Waals surface area (Å²) < 4.78 is 0. The molecule has 2 aliphatic rings. The summed E-state index contributed by atoms with van der Waals surface area (Å²) in [6, 6.07) is 19.1. The van der Waals surface area contributed by atoms with Crippen molar-refractivity contribution in [2.45, 2.75) is 19.4 Å². The Labute approximate surface area is 166 Å². The zero-order valence-corrected chi connectivity index (χ0v) is 16.2. The van der Waals surface area contributed by atoms with Crippen molar-refractivity contribution in [2.75, 3.05) is 39.3 Å². The van der Waals surface area contributed by atoms with E-state index in [-0.39, 0.29) is 11.8 Å². The van der Waals surface area contributed by atoms with E-state index in [2.05, 4.69) is 53.4 Å². The van der Waals surface area contributed by atoms with Gasteiger partial charge in [0.05, 0.1) is 0 Å². The first-order chi connectivity index (χ1) is 13.7. The molecule has 0 saturated carbocycles. The summed E-state index contributed by atoms with van der Waals surface area (Å²) in [5, 5.41) is 0. The molecule has 4 rings (SSSR count). The molecule has 146 valence electrons. The normalized spacial score (nSPS) is 17.7. The summed E-state index contributed by atoms with van der Waals surface area (Å²) in [7, 11) is 0. The molecule has 2 amide bonds. The van der Waals surface area contributed by atoms with Gasteiger partial charge in [-0.05, 0) is 29.5 Å². The highest BCUT2D eigenvalue weighted by Crippen LogP contribution is 2.20. The van der Waals surface area contributed by atoms with Gasteiger partial charge in [0, 0.05) is 45.8 Å². The van der Waals surface area contributed by atoms with Gasteiger partial charge in [0.2, 0.25) is 0 Å². The molecule has 0 bridgehead atoms. The molecule has 5 nitrogen and oxygen atoms in total. The maximum absolute atomic E-state index is 12.4. The molecule has 0 radical (unpaired) electrons. The Morgan fingerprint density at radius 2 is 1.18 bits per heavy atom. The average molecular weight is 377 g/mol. The fraction of sp³-hybridized carbons (Fsp3) is 0.391.